The molecular formula is C30H43N3O7. The van der Waals surface area contributed by atoms with Gasteiger partial charge in [-0.05, 0) is 92.8 Å². The molecule has 10 heteroatoms. The summed E-state index contributed by atoms with van der Waals surface area (Å²) < 4.78 is 22.3. The first kappa shape index (κ1) is 31.0. The molecule has 220 valence electrons. The highest BCUT2D eigenvalue weighted by Gasteiger charge is 2.29. The maximum atomic E-state index is 12.9. The number of methoxy groups -OCH3 is 3. The van der Waals surface area contributed by atoms with Gasteiger partial charge in [0.05, 0.1) is 34.0 Å². The number of hydrogen-bond donors (Lipinski definition) is 4. The first-order chi connectivity index (χ1) is 19.4. The fourth-order valence-corrected chi connectivity index (χ4v) is 5.30. The van der Waals surface area contributed by atoms with Crippen molar-refractivity contribution in [2.75, 3.05) is 41.5 Å². The lowest BCUT2D eigenvalue weighted by atomic mass is 9.83. The van der Waals surface area contributed by atoms with Crippen molar-refractivity contribution in [3.05, 3.63) is 47.5 Å². The van der Waals surface area contributed by atoms with Crippen LogP contribution in [0.5, 0.6) is 23.0 Å². The van der Waals surface area contributed by atoms with Gasteiger partial charge >= 0.3 is 0 Å². The molecule has 0 spiro atoms. The fraction of sp³-hybridized carbons (Fsp3) is 0.533. The molecule has 4 N–H and O–H groups in total. The van der Waals surface area contributed by atoms with Gasteiger partial charge in [-0.1, -0.05) is 12.1 Å². The molecule has 40 heavy (non-hydrogen) atoms. The van der Waals surface area contributed by atoms with Crippen LogP contribution in [0.2, 0.25) is 0 Å². The van der Waals surface area contributed by atoms with E-state index in [0.717, 1.165) is 42.6 Å². The zero-order valence-electron chi connectivity index (χ0n) is 24.0. The van der Waals surface area contributed by atoms with E-state index in [1.165, 1.54) is 0 Å². The van der Waals surface area contributed by atoms with E-state index in [4.69, 9.17) is 18.9 Å². The van der Waals surface area contributed by atoms with Crippen LogP contribution < -0.4 is 35.1 Å². The molecular weight excluding hydrogens is 514 g/mol. The van der Waals surface area contributed by atoms with Crippen molar-refractivity contribution < 1.29 is 33.7 Å². The SMILES string of the molecule is CNC(=O)[C@@H]1Cc2ccc(cc2)OCCCC[C@H](C(=O)NO)[C@@H](CCCc2cc(OC)c(OC)c(OC)c2)CN1. The second-order valence-electron chi connectivity index (χ2n) is 10.0. The lowest BCUT2D eigenvalue weighted by Crippen LogP contribution is -2.48. The van der Waals surface area contributed by atoms with E-state index in [1.807, 2.05) is 41.9 Å². The smallest absolute Gasteiger partial charge is 0.246 e. The van der Waals surface area contributed by atoms with Gasteiger partial charge in [-0.2, -0.15) is 0 Å². The number of aryl methyl sites for hydroxylation is 1. The molecule has 0 aliphatic carbocycles. The minimum atomic E-state index is -0.475. The average Bonchev–Trinajstić information content (AvgIpc) is 3.00. The highest BCUT2D eigenvalue weighted by atomic mass is 16.5. The highest BCUT2D eigenvalue weighted by Crippen LogP contribution is 2.38. The number of hydrogen-bond acceptors (Lipinski definition) is 8. The van der Waals surface area contributed by atoms with Crippen LogP contribution in [0.15, 0.2) is 36.4 Å². The molecule has 3 atom stereocenters. The van der Waals surface area contributed by atoms with Gasteiger partial charge in [0.25, 0.3) is 0 Å². The monoisotopic (exact) mass is 557 g/mol. The van der Waals surface area contributed by atoms with E-state index in [9.17, 15) is 14.8 Å². The normalized spacial score (nSPS) is 19.9. The van der Waals surface area contributed by atoms with Crippen LogP contribution >= 0.6 is 0 Å². The second kappa shape index (κ2) is 15.9. The fourth-order valence-electron chi connectivity index (χ4n) is 5.30. The molecule has 0 aromatic heterocycles. The Labute approximate surface area is 236 Å². The third-order valence-electron chi connectivity index (χ3n) is 7.51. The van der Waals surface area contributed by atoms with Crippen molar-refractivity contribution >= 4 is 11.8 Å². The standard InChI is InChI=1S/C30H43N3O7/c1-31-30(35)25-16-20-11-13-23(14-12-20)40-15-6-5-10-24(29(34)33-36)22(19-32-25)9-7-8-21-17-26(37-2)28(39-4)27(18-21)38-3/h11-14,17-18,22,24-25,32,36H,5-10,15-16,19H2,1-4H3,(H,31,35)(H,33,34)/t22-,24-,25-/m0/s1. The van der Waals surface area contributed by atoms with Crippen LogP contribution in [0, 0.1) is 11.8 Å². The zero-order valence-corrected chi connectivity index (χ0v) is 24.0. The molecule has 2 aromatic rings. The molecule has 2 amide bonds. The van der Waals surface area contributed by atoms with Gasteiger partial charge in [0.2, 0.25) is 17.6 Å². The highest BCUT2D eigenvalue weighted by molar-refractivity contribution is 5.82. The minimum Gasteiger partial charge on any atom is -0.494 e. The predicted octanol–water partition coefficient (Wildman–Crippen LogP) is 3.28. The Morgan fingerprint density at radius 3 is 2.33 bits per heavy atom. The van der Waals surface area contributed by atoms with Gasteiger partial charge in [-0.25, -0.2) is 5.48 Å². The largest absolute Gasteiger partial charge is 0.494 e. The van der Waals surface area contributed by atoms with Crippen molar-refractivity contribution in [2.45, 2.75) is 51.0 Å². The Hall–Kier alpha value is -3.50. The number of fused-ring (bicyclic) bond motifs is 12. The summed E-state index contributed by atoms with van der Waals surface area (Å²) in [5.41, 5.74) is 3.90. The quantitative estimate of drug-likeness (QED) is 0.273. The number of ether oxygens (including phenoxy) is 4. The molecule has 2 heterocycles. The van der Waals surface area contributed by atoms with E-state index >= 15 is 0 Å². The lowest BCUT2D eigenvalue weighted by Gasteiger charge is -2.28. The molecule has 10 nitrogen and oxygen atoms in total. The van der Waals surface area contributed by atoms with Crippen LogP contribution in [0.25, 0.3) is 0 Å². The van der Waals surface area contributed by atoms with Gasteiger partial charge < -0.3 is 29.6 Å². The number of carbonyl (C=O) groups excluding carboxylic acids is 2. The average molecular weight is 558 g/mol. The molecule has 2 aliphatic heterocycles. The summed E-state index contributed by atoms with van der Waals surface area (Å²) in [6.07, 6.45) is 4.83. The summed E-state index contributed by atoms with van der Waals surface area (Å²) >= 11 is 0. The maximum Gasteiger partial charge on any atom is 0.246 e. The van der Waals surface area contributed by atoms with Crippen molar-refractivity contribution in [3.8, 4) is 23.0 Å². The van der Waals surface area contributed by atoms with E-state index < -0.39 is 17.9 Å². The minimum absolute atomic E-state index is 0.117. The van der Waals surface area contributed by atoms with Gasteiger partial charge in [-0.15, -0.1) is 0 Å². The number of nitrogens with one attached hydrogen (secondary N) is 3. The van der Waals surface area contributed by atoms with Crippen LogP contribution in [0.4, 0.5) is 0 Å². The number of hydroxylamine groups is 1. The molecule has 0 unspecified atom stereocenters. The summed E-state index contributed by atoms with van der Waals surface area (Å²) in [6.45, 7) is 0.984. The van der Waals surface area contributed by atoms with Crippen LogP contribution in [-0.4, -0.2) is 64.6 Å². The number of amides is 2. The van der Waals surface area contributed by atoms with Crippen LogP contribution in [0.1, 0.15) is 43.2 Å². The van der Waals surface area contributed by atoms with Gasteiger partial charge in [0, 0.05) is 13.0 Å². The van der Waals surface area contributed by atoms with Crippen molar-refractivity contribution in [1.29, 1.82) is 0 Å². The summed E-state index contributed by atoms with van der Waals surface area (Å²) in [6, 6.07) is 11.2. The van der Waals surface area contributed by atoms with Crippen LogP contribution in [0.3, 0.4) is 0 Å². The summed E-state index contributed by atoms with van der Waals surface area (Å²) in [5.74, 6) is 1.42. The lowest BCUT2D eigenvalue weighted by molar-refractivity contribution is -0.135. The van der Waals surface area contributed by atoms with Gasteiger partial charge in [0.15, 0.2) is 11.5 Å². The molecule has 2 bridgehead atoms. The third-order valence-corrected chi connectivity index (χ3v) is 7.51. The van der Waals surface area contributed by atoms with Crippen molar-refractivity contribution in [2.24, 2.45) is 11.8 Å². The molecule has 2 aliphatic rings. The molecule has 0 saturated carbocycles. The van der Waals surface area contributed by atoms with E-state index in [1.54, 1.807) is 28.4 Å². The molecule has 0 radical (unpaired) electrons. The summed E-state index contributed by atoms with van der Waals surface area (Å²) in [4.78, 5) is 25.6. The Morgan fingerprint density at radius 1 is 1.02 bits per heavy atom. The van der Waals surface area contributed by atoms with Gasteiger partial charge in [-0.3, -0.25) is 14.8 Å². The third kappa shape index (κ3) is 8.50. The predicted molar refractivity (Wildman–Crippen MR) is 151 cm³/mol. The first-order valence-corrected chi connectivity index (χ1v) is 13.8. The number of carbonyl (C=O) groups is 2. The Kier molecular flexibility index (Phi) is 12.4. The Bertz CT molecular complexity index is 1070. The number of benzene rings is 2. The molecule has 4 rings (SSSR count). The Balaban J connectivity index is 1.81. The Morgan fingerprint density at radius 2 is 1.73 bits per heavy atom. The van der Waals surface area contributed by atoms with E-state index in [-0.39, 0.29) is 11.8 Å². The second-order valence-corrected chi connectivity index (χ2v) is 10.0. The number of rotatable bonds is 9. The topological polar surface area (TPSA) is 127 Å². The van der Waals surface area contributed by atoms with Crippen molar-refractivity contribution in [1.82, 2.24) is 16.1 Å². The van der Waals surface area contributed by atoms with E-state index in [2.05, 4.69) is 10.6 Å². The molecule has 0 fully saturated rings. The van der Waals surface area contributed by atoms with Crippen LogP contribution in [-0.2, 0) is 22.4 Å². The summed E-state index contributed by atoms with van der Waals surface area (Å²) in [5, 5.41) is 15.7. The van der Waals surface area contributed by atoms with Gasteiger partial charge in [0.1, 0.15) is 5.75 Å². The number of likely N-dealkylation sites (N-methyl/N-ethyl adjacent to an activating group) is 1. The van der Waals surface area contributed by atoms with Crippen molar-refractivity contribution in [3.63, 3.8) is 0 Å². The molecule has 2 aromatic carbocycles. The van der Waals surface area contributed by atoms with E-state index in [0.29, 0.717) is 49.7 Å². The maximum absolute atomic E-state index is 12.9. The summed E-state index contributed by atoms with van der Waals surface area (Å²) in [7, 11) is 6.36. The molecule has 0 saturated heterocycles. The zero-order chi connectivity index (χ0) is 28.9. The first-order valence-electron chi connectivity index (χ1n) is 13.8.